The number of nitrogens with zero attached hydrogens (tertiary/aromatic N) is 1. The van der Waals surface area contributed by atoms with Crippen LogP contribution in [-0.2, 0) is 0 Å². The van der Waals surface area contributed by atoms with Crippen LogP contribution in [0.3, 0.4) is 0 Å². The van der Waals surface area contributed by atoms with E-state index in [1.165, 1.54) is 11.1 Å². The molecule has 0 aliphatic carbocycles. The van der Waals surface area contributed by atoms with Crippen molar-refractivity contribution >= 4 is 46.7 Å². The van der Waals surface area contributed by atoms with Gasteiger partial charge in [-0.2, -0.15) is 11.8 Å². The average Bonchev–Trinajstić information content (AvgIpc) is 2.85. The SMILES string of the molecule is Cc1ccccc1C1CCN(C(=O)Nc2ccc(Cl)c(Cl)c2)CCS1. The zero-order valence-corrected chi connectivity index (χ0v) is 16.3. The zero-order chi connectivity index (χ0) is 17.8. The summed E-state index contributed by atoms with van der Waals surface area (Å²) in [4.78, 5) is 14.4. The Bertz CT molecular complexity index is 769. The number of hydrogen-bond acceptors (Lipinski definition) is 2. The molecule has 132 valence electrons. The summed E-state index contributed by atoms with van der Waals surface area (Å²) in [5.41, 5.74) is 3.35. The second-order valence-electron chi connectivity index (χ2n) is 6.05. The Hall–Kier alpha value is -1.36. The monoisotopic (exact) mass is 394 g/mol. The van der Waals surface area contributed by atoms with Crippen molar-refractivity contribution in [1.29, 1.82) is 0 Å². The summed E-state index contributed by atoms with van der Waals surface area (Å²) < 4.78 is 0. The molecule has 25 heavy (non-hydrogen) atoms. The molecule has 1 saturated heterocycles. The van der Waals surface area contributed by atoms with E-state index in [2.05, 4.69) is 36.5 Å². The maximum absolute atomic E-state index is 12.6. The quantitative estimate of drug-likeness (QED) is 0.675. The van der Waals surface area contributed by atoms with Crippen molar-refractivity contribution in [3.05, 3.63) is 63.6 Å². The Labute approximate surface area is 162 Å². The molecule has 3 nitrogen and oxygen atoms in total. The minimum atomic E-state index is -0.0931. The van der Waals surface area contributed by atoms with Gasteiger partial charge in [-0.1, -0.05) is 47.5 Å². The standard InChI is InChI=1S/C19H20Cl2N2OS/c1-13-4-2-3-5-15(13)18-8-9-23(10-11-25-18)19(24)22-14-6-7-16(20)17(21)12-14/h2-7,12,18H,8-11H2,1H3,(H,22,24). The highest BCUT2D eigenvalue weighted by Crippen LogP contribution is 2.36. The van der Waals surface area contributed by atoms with Gasteiger partial charge in [0.25, 0.3) is 0 Å². The van der Waals surface area contributed by atoms with E-state index < -0.39 is 0 Å². The van der Waals surface area contributed by atoms with Gasteiger partial charge >= 0.3 is 6.03 Å². The molecule has 1 unspecified atom stereocenters. The van der Waals surface area contributed by atoms with Gasteiger partial charge in [-0.15, -0.1) is 0 Å². The number of nitrogens with one attached hydrogen (secondary N) is 1. The van der Waals surface area contributed by atoms with Crippen molar-refractivity contribution in [3.63, 3.8) is 0 Å². The molecular formula is C19H20Cl2N2OS. The number of rotatable bonds is 2. The predicted molar refractivity (Wildman–Crippen MR) is 108 cm³/mol. The largest absolute Gasteiger partial charge is 0.324 e. The van der Waals surface area contributed by atoms with Crippen molar-refractivity contribution in [3.8, 4) is 0 Å². The number of hydrogen-bond donors (Lipinski definition) is 1. The molecule has 1 aliphatic rings. The van der Waals surface area contributed by atoms with Crippen LogP contribution in [0.4, 0.5) is 10.5 Å². The molecule has 2 aromatic rings. The van der Waals surface area contributed by atoms with Gasteiger partial charge in [-0.3, -0.25) is 0 Å². The third-order valence-corrected chi connectivity index (χ3v) is 6.38. The molecule has 1 fully saturated rings. The van der Waals surface area contributed by atoms with Crippen LogP contribution in [0.1, 0.15) is 22.8 Å². The van der Waals surface area contributed by atoms with Gasteiger partial charge in [0.15, 0.2) is 0 Å². The lowest BCUT2D eigenvalue weighted by molar-refractivity contribution is 0.215. The van der Waals surface area contributed by atoms with E-state index in [1.807, 2.05) is 16.7 Å². The lowest BCUT2D eigenvalue weighted by atomic mass is 10.0. The Morgan fingerprint density at radius 1 is 1.16 bits per heavy atom. The van der Waals surface area contributed by atoms with Crippen molar-refractivity contribution in [2.75, 3.05) is 24.2 Å². The maximum Gasteiger partial charge on any atom is 0.321 e. The highest BCUT2D eigenvalue weighted by atomic mass is 35.5. The molecule has 1 N–H and O–H groups in total. The molecule has 0 aromatic heterocycles. The predicted octanol–water partition coefficient (Wildman–Crippen LogP) is 6.01. The minimum Gasteiger partial charge on any atom is -0.324 e. The van der Waals surface area contributed by atoms with E-state index in [1.54, 1.807) is 18.2 Å². The fraction of sp³-hybridized carbons (Fsp3) is 0.316. The van der Waals surface area contributed by atoms with Crippen LogP contribution in [0.25, 0.3) is 0 Å². The molecule has 0 saturated carbocycles. The summed E-state index contributed by atoms with van der Waals surface area (Å²) in [6.07, 6.45) is 0.949. The van der Waals surface area contributed by atoms with Crippen molar-refractivity contribution in [2.24, 2.45) is 0 Å². The summed E-state index contributed by atoms with van der Waals surface area (Å²) in [5.74, 6) is 0.924. The Balaban J connectivity index is 1.63. The Kier molecular flexibility index (Phi) is 6.15. The zero-order valence-electron chi connectivity index (χ0n) is 14.0. The summed E-state index contributed by atoms with van der Waals surface area (Å²) in [5, 5.41) is 4.26. The number of benzene rings is 2. The molecule has 6 heteroatoms. The van der Waals surface area contributed by atoms with Crippen LogP contribution in [0.2, 0.25) is 10.0 Å². The van der Waals surface area contributed by atoms with Crippen LogP contribution in [0.5, 0.6) is 0 Å². The molecule has 3 rings (SSSR count). The van der Waals surface area contributed by atoms with Crippen LogP contribution in [-0.4, -0.2) is 29.8 Å². The molecule has 1 aliphatic heterocycles. The molecule has 2 amide bonds. The van der Waals surface area contributed by atoms with Gasteiger partial charge in [-0.25, -0.2) is 4.79 Å². The molecule has 0 radical (unpaired) electrons. The van der Waals surface area contributed by atoms with E-state index in [9.17, 15) is 4.79 Å². The van der Waals surface area contributed by atoms with Crippen LogP contribution < -0.4 is 5.32 Å². The van der Waals surface area contributed by atoms with E-state index in [0.717, 1.165) is 25.3 Å². The smallest absolute Gasteiger partial charge is 0.321 e. The van der Waals surface area contributed by atoms with Crippen LogP contribution >= 0.6 is 35.0 Å². The second kappa shape index (κ2) is 8.35. The number of urea groups is 1. The minimum absolute atomic E-state index is 0.0931. The number of aryl methyl sites for hydroxylation is 1. The number of halogens is 2. The van der Waals surface area contributed by atoms with Gasteiger partial charge in [-0.05, 0) is 42.7 Å². The number of carbonyl (C=O) groups excluding carboxylic acids is 1. The summed E-state index contributed by atoms with van der Waals surface area (Å²) in [6.45, 7) is 3.62. The first-order chi connectivity index (χ1) is 12.0. The van der Waals surface area contributed by atoms with E-state index >= 15 is 0 Å². The summed E-state index contributed by atoms with van der Waals surface area (Å²) in [7, 11) is 0. The van der Waals surface area contributed by atoms with Gasteiger partial charge < -0.3 is 10.2 Å². The molecule has 0 spiro atoms. The van der Waals surface area contributed by atoms with Crippen molar-refractivity contribution in [1.82, 2.24) is 4.90 Å². The maximum atomic E-state index is 12.6. The second-order valence-corrected chi connectivity index (χ2v) is 8.18. The van der Waals surface area contributed by atoms with E-state index in [4.69, 9.17) is 23.2 Å². The van der Waals surface area contributed by atoms with Gasteiger partial charge in [0.2, 0.25) is 0 Å². The lowest BCUT2D eigenvalue weighted by Crippen LogP contribution is -2.36. The first kappa shape index (κ1) is 18.4. The molecular weight excluding hydrogens is 375 g/mol. The van der Waals surface area contributed by atoms with Gasteiger partial charge in [0.05, 0.1) is 10.0 Å². The summed E-state index contributed by atoms with van der Waals surface area (Å²) in [6, 6.07) is 13.5. The fourth-order valence-corrected chi connectivity index (χ4v) is 4.57. The highest BCUT2D eigenvalue weighted by Gasteiger charge is 2.23. The number of carbonyl (C=O) groups is 1. The van der Waals surface area contributed by atoms with Gasteiger partial charge in [0, 0.05) is 29.8 Å². The number of amides is 2. The van der Waals surface area contributed by atoms with Crippen molar-refractivity contribution < 1.29 is 4.79 Å². The third-order valence-electron chi connectivity index (χ3n) is 4.33. The summed E-state index contributed by atoms with van der Waals surface area (Å²) >= 11 is 13.9. The normalized spacial score (nSPS) is 17.9. The molecule has 2 aromatic carbocycles. The topological polar surface area (TPSA) is 32.3 Å². The third kappa shape index (κ3) is 4.63. The number of anilines is 1. The molecule has 1 heterocycles. The lowest BCUT2D eigenvalue weighted by Gasteiger charge is -2.21. The van der Waals surface area contributed by atoms with Crippen LogP contribution in [0.15, 0.2) is 42.5 Å². The Morgan fingerprint density at radius 2 is 1.96 bits per heavy atom. The van der Waals surface area contributed by atoms with E-state index in [0.29, 0.717) is 21.0 Å². The number of thioether (sulfide) groups is 1. The van der Waals surface area contributed by atoms with Gasteiger partial charge in [0.1, 0.15) is 0 Å². The highest BCUT2D eigenvalue weighted by molar-refractivity contribution is 7.99. The van der Waals surface area contributed by atoms with Crippen molar-refractivity contribution in [2.45, 2.75) is 18.6 Å². The van der Waals surface area contributed by atoms with E-state index in [-0.39, 0.29) is 6.03 Å². The van der Waals surface area contributed by atoms with Crippen LogP contribution in [0, 0.1) is 6.92 Å². The first-order valence-corrected chi connectivity index (χ1v) is 10.0. The average molecular weight is 395 g/mol. The molecule has 0 bridgehead atoms. The molecule has 1 atom stereocenters. The first-order valence-electron chi connectivity index (χ1n) is 8.22. The Morgan fingerprint density at radius 3 is 2.72 bits per heavy atom. The fourth-order valence-electron chi connectivity index (χ4n) is 2.95.